The van der Waals surface area contributed by atoms with Crippen molar-refractivity contribution < 1.29 is 9.59 Å². The molecule has 0 bridgehead atoms. The van der Waals surface area contributed by atoms with Crippen LogP contribution in [0.15, 0.2) is 72.9 Å². The van der Waals surface area contributed by atoms with Crippen molar-refractivity contribution >= 4 is 34.7 Å². The summed E-state index contributed by atoms with van der Waals surface area (Å²) in [6.45, 7) is 4.57. The van der Waals surface area contributed by atoms with E-state index in [-0.39, 0.29) is 11.8 Å². The number of benzene rings is 1. The van der Waals surface area contributed by atoms with Gasteiger partial charge in [0.1, 0.15) is 11.5 Å². The third-order valence-electron chi connectivity index (χ3n) is 6.95. The first-order valence-electron chi connectivity index (χ1n) is 12.9. The first kappa shape index (κ1) is 24.3. The summed E-state index contributed by atoms with van der Waals surface area (Å²) in [5, 5.41) is 6.52. The van der Waals surface area contributed by atoms with Gasteiger partial charge >= 0.3 is 0 Å². The summed E-state index contributed by atoms with van der Waals surface area (Å²) >= 11 is 1.50. The molecule has 1 aliphatic carbocycles. The van der Waals surface area contributed by atoms with Crippen LogP contribution < -0.4 is 15.5 Å². The van der Waals surface area contributed by atoms with E-state index >= 15 is 0 Å². The predicted molar refractivity (Wildman–Crippen MR) is 151 cm³/mol. The molecule has 7 nitrogen and oxygen atoms in total. The van der Waals surface area contributed by atoms with Crippen molar-refractivity contribution in [2.75, 3.05) is 16.8 Å². The molecule has 0 unspecified atom stereocenters. The fourth-order valence-electron chi connectivity index (χ4n) is 4.78. The molecule has 0 atom stereocenters. The number of para-hydroxylation sites is 1. The molecular formula is C30H29N5O2S. The molecule has 0 saturated heterocycles. The van der Waals surface area contributed by atoms with Crippen molar-refractivity contribution in [1.82, 2.24) is 15.3 Å². The van der Waals surface area contributed by atoms with E-state index in [2.05, 4.69) is 20.6 Å². The Hall–Kier alpha value is -4.04. The van der Waals surface area contributed by atoms with Crippen molar-refractivity contribution in [3.63, 3.8) is 0 Å². The molecule has 4 heterocycles. The number of hydrogen-bond donors (Lipinski definition) is 2. The highest BCUT2D eigenvalue weighted by atomic mass is 32.1. The summed E-state index contributed by atoms with van der Waals surface area (Å²) in [7, 11) is 0. The van der Waals surface area contributed by atoms with Gasteiger partial charge in [-0.15, -0.1) is 11.3 Å². The van der Waals surface area contributed by atoms with Gasteiger partial charge in [0.15, 0.2) is 0 Å². The van der Waals surface area contributed by atoms with Crippen LogP contribution in [-0.2, 0) is 12.0 Å². The molecule has 2 N–H and O–H groups in total. The molecule has 8 heteroatoms. The second-order valence-corrected chi connectivity index (χ2v) is 11.4. The molecule has 192 valence electrons. The van der Waals surface area contributed by atoms with Gasteiger partial charge in [-0.2, -0.15) is 0 Å². The van der Waals surface area contributed by atoms with Crippen LogP contribution in [0.3, 0.4) is 0 Å². The second kappa shape index (κ2) is 9.68. The van der Waals surface area contributed by atoms with Crippen molar-refractivity contribution in [2.45, 2.75) is 44.7 Å². The lowest BCUT2D eigenvalue weighted by molar-refractivity contribution is 0.0952. The number of pyridine rings is 2. The number of amides is 2. The fourth-order valence-corrected chi connectivity index (χ4v) is 5.93. The topological polar surface area (TPSA) is 87.2 Å². The highest BCUT2D eigenvalue weighted by Gasteiger charge is 2.30. The van der Waals surface area contributed by atoms with E-state index in [4.69, 9.17) is 0 Å². The van der Waals surface area contributed by atoms with Gasteiger partial charge in [0.05, 0.1) is 21.8 Å². The predicted octanol–water partition coefficient (Wildman–Crippen LogP) is 5.65. The summed E-state index contributed by atoms with van der Waals surface area (Å²) in [6.07, 6.45) is 4.54. The van der Waals surface area contributed by atoms with Crippen LogP contribution in [0.4, 0.5) is 11.5 Å². The summed E-state index contributed by atoms with van der Waals surface area (Å²) in [4.78, 5) is 39.3. The molecule has 3 aromatic heterocycles. The number of anilines is 2. The van der Waals surface area contributed by atoms with Gasteiger partial charge in [0, 0.05) is 29.2 Å². The van der Waals surface area contributed by atoms with Crippen LogP contribution >= 0.6 is 11.3 Å². The van der Waals surface area contributed by atoms with Crippen LogP contribution in [-0.4, -0.2) is 34.4 Å². The van der Waals surface area contributed by atoms with E-state index in [0.29, 0.717) is 30.5 Å². The third kappa shape index (κ3) is 4.79. The SMILES string of the molecule is CC(C)(Nc1cccc(C(=O)N2CCc3cc(C(=O)NC4CC4)sc3-c3ccccc32)n1)c1ccccn1. The van der Waals surface area contributed by atoms with Gasteiger partial charge in [-0.3, -0.25) is 14.6 Å². The van der Waals surface area contributed by atoms with Crippen molar-refractivity contribution in [3.05, 3.63) is 94.8 Å². The first-order chi connectivity index (χ1) is 18.4. The minimum absolute atomic E-state index is 0.00173. The molecule has 0 radical (unpaired) electrons. The van der Waals surface area contributed by atoms with Gasteiger partial charge in [-0.05, 0) is 75.1 Å². The van der Waals surface area contributed by atoms with Crippen LogP contribution in [0.1, 0.15) is 58.1 Å². The average Bonchev–Trinajstić information content (AvgIpc) is 3.67. The number of rotatable bonds is 6. The Morgan fingerprint density at radius 2 is 1.84 bits per heavy atom. The normalized spacial score (nSPS) is 14.7. The molecular weight excluding hydrogens is 494 g/mol. The Morgan fingerprint density at radius 1 is 1.03 bits per heavy atom. The van der Waals surface area contributed by atoms with E-state index in [1.165, 1.54) is 11.3 Å². The molecule has 38 heavy (non-hydrogen) atoms. The highest BCUT2D eigenvalue weighted by Crippen LogP contribution is 2.42. The third-order valence-corrected chi connectivity index (χ3v) is 8.16. The molecule has 1 aliphatic heterocycles. The number of nitrogens with zero attached hydrogens (tertiary/aromatic N) is 3. The van der Waals surface area contributed by atoms with Crippen LogP contribution in [0.2, 0.25) is 0 Å². The van der Waals surface area contributed by atoms with Crippen molar-refractivity contribution in [1.29, 1.82) is 0 Å². The Balaban J connectivity index is 1.28. The van der Waals surface area contributed by atoms with Crippen LogP contribution in [0.5, 0.6) is 0 Å². The standard InChI is InChI=1S/C30H29N5O2S/c1-30(2,25-11-5-6-16-31-25)34-26-12-7-9-22(33-26)29(37)35-17-15-19-18-24(28(36)32-20-13-14-20)38-27(19)21-8-3-4-10-23(21)35/h3-12,16,18,20H,13-15,17H2,1-2H3,(H,32,36)(H,33,34). The largest absolute Gasteiger partial charge is 0.360 e. The number of aromatic nitrogens is 2. The average molecular weight is 524 g/mol. The van der Waals surface area contributed by atoms with Gasteiger partial charge in [0.2, 0.25) is 0 Å². The van der Waals surface area contributed by atoms with Gasteiger partial charge < -0.3 is 15.5 Å². The zero-order chi connectivity index (χ0) is 26.3. The van der Waals surface area contributed by atoms with Gasteiger partial charge in [0.25, 0.3) is 11.8 Å². The molecule has 1 saturated carbocycles. The lowest BCUT2D eigenvalue weighted by Crippen LogP contribution is -2.34. The number of nitrogens with one attached hydrogen (secondary N) is 2. The Morgan fingerprint density at radius 3 is 2.63 bits per heavy atom. The smallest absolute Gasteiger partial charge is 0.276 e. The van der Waals surface area contributed by atoms with Crippen molar-refractivity contribution in [2.24, 2.45) is 0 Å². The summed E-state index contributed by atoms with van der Waals surface area (Å²) in [5.74, 6) is 0.455. The number of hydrogen-bond acceptors (Lipinski definition) is 6. The molecule has 2 amide bonds. The minimum Gasteiger partial charge on any atom is -0.360 e. The maximum Gasteiger partial charge on any atom is 0.276 e. The maximum atomic E-state index is 13.8. The Kier molecular flexibility index (Phi) is 6.19. The molecule has 2 aliphatic rings. The molecule has 0 spiro atoms. The highest BCUT2D eigenvalue weighted by molar-refractivity contribution is 7.17. The number of carbonyl (C=O) groups excluding carboxylic acids is 2. The zero-order valence-electron chi connectivity index (χ0n) is 21.4. The molecule has 1 fully saturated rings. The lowest BCUT2D eigenvalue weighted by atomic mass is 10.00. The summed E-state index contributed by atoms with van der Waals surface area (Å²) < 4.78 is 0. The summed E-state index contributed by atoms with van der Waals surface area (Å²) in [6, 6.07) is 21.5. The minimum atomic E-state index is -0.469. The molecule has 4 aromatic rings. The van der Waals surface area contributed by atoms with E-state index < -0.39 is 5.54 Å². The molecule has 6 rings (SSSR count). The van der Waals surface area contributed by atoms with Crippen LogP contribution in [0.25, 0.3) is 10.4 Å². The number of thiophene rings is 1. The Bertz CT molecular complexity index is 1510. The maximum absolute atomic E-state index is 13.8. The second-order valence-electron chi connectivity index (χ2n) is 10.3. The van der Waals surface area contributed by atoms with E-state index in [0.717, 1.165) is 45.1 Å². The first-order valence-corrected chi connectivity index (χ1v) is 13.7. The van der Waals surface area contributed by atoms with E-state index in [1.807, 2.05) is 79.4 Å². The monoisotopic (exact) mass is 523 g/mol. The number of fused-ring (bicyclic) bond motifs is 3. The van der Waals surface area contributed by atoms with Gasteiger partial charge in [-0.25, -0.2) is 4.98 Å². The lowest BCUT2D eigenvalue weighted by Gasteiger charge is -2.27. The quantitative estimate of drug-likeness (QED) is 0.341. The number of carbonyl (C=O) groups is 2. The fraction of sp³-hybridized carbons (Fsp3) is 0.267. The van der Waals surface area contributed by atoms with E-state index in [1.54, 1.807) is 12.3 Å². The van der Waals surface area contributed by atoms with Gasteiger partial charge in [-0.1, -0.05) is 30.3 Å². The Labute approximate surface area is 226 Å². The van der Waals surface area contributed by atoms with E-state index in [9.17, 15) is 9.59 Å². The van der Waals surface area contributed by atoms with Crippen LogP contribution in [0, 0.1) is 0 Å². The zero-order valence-corrected chi connectivity index (χ0v) is 22.2. The summed E-state index contributed by atoms with van der Waals surface area (Å²) in [5.41, 5.74) is 3.69. The molecule has 1 aromatic carbocycles. The van der Waals surface area contributed by atoms with Crippen molar-refractivity contribution in [3.8, 4) is 10.4 Å².